The van der Waals surface area contributed by atoms with E-state index in [-0.39, 0.29) is 22.6 Å². The van der Waals surface area contributed by atoms with Crippen molar-refractivity contribution in [2.45, 2.75) is 50.3 Å². The fourth-order valence-electron chi connectivity index (χ4n) is 4.93. The molecule has 5 nitrogen and oxygen atoms in total. The second kappa shape index (κ2) is 8.58. The van der Waals surface area contributed by atoms with Crippen molar-refractivity contribution in [1.29, 1.82) is 0 Å². The van der Waals surface area contributed by atoms with Crippen molar-refractivity contribution in [3.05, 3.63) is 89.2 Å². The van der Waals surface area contributed by atoms with Gasteiger partial charge in [0.05, 0.1) is 11.2 Å². The van der Waals surface area contributed by atoms with Crippen molar-refractivity contribution in [3.8, 4) is 0 Å². The normalized spacial score (nSPS) is 23.3. The van der Waals surface area contributed by atoms with Crippen molar-refractivity contribution >= 4 is 15.8 Å². The molecule has 1 heterocycles. The molecular weight excluding hydrogens is 434 g/mol. The largest absolute Gasteiger partial charge is 0.515 e. The number of piperidine rings is 1. The Balaban J connectivity index is 1.71. The maximum Gasteiger partial charge on any atom is 0.243 e. The molecule has 1 N–H and O–H groups in total. The summed E-state index contributed by atoms with van der Waals surface area (Å²) in [5, 5.41) is 9.68. The Morgan fingerprint density at radius 2 is 1.73 bits per heavy atom. The van der Waals surface area contributed by atoms with Gasteiger partial charge < -0.3 is 5.11 Å². The Bertz CT molecular complexity index is 1210. The predicted octanol–water partition coefficient (Wildman–Crippen LogP) is 4.95. The summed E-state index contributed by atoms with van der Waals surface area (Å²) in [6, 6.07) is 17.0. The number of hydrogen-bond donors (Lipinski definition) is 1. The number of carbonyl (C=O) groups is 1. The summed E-state index contributed by atoms with van der Waals surface area (Å²) in [6.45, 7) is 6.88. The van der Waals surface area contributed by atoms with Crippen LogP contribution in [0, 0.1) is 5.41 Å². The first-order valence-corrected chi connectivity index (χ1v) is 12.7. The molecule has 1 aliphatic carbocycles. The van der Waals surface area contributed by atoms with E-state index >= 15 is 0 Å². The number of nitrogens with zero attached hydrogens (tertiary/aromatic N) is 1. The van der Waals surface area contributed by atoms with Crippen molar-refractivity contribution < 1.29 is 18.3 Å². The SMILES string of the molecule is CC(C)(C)c1ccc(S(=O)(=O)N2CCC3=CC(=O)/C(=C\O)CC3(Cc3ccccc3)C2)cc1. The van der Waals surface area contributed by atoms with E-state index < -0.39 is 15.4 Å². The van der Waals surface area contributed by atoms with Crippen LogP contribution in [0.4, 0.5) is 0 Å². The first-order chi connectivity index (χ1) is 15.5. The van der Waals surface area contributed by atoms with Gasteiger partial charge in [0, 0.05) is 24.1 Å². The highest BCUT2D eigenvalue weighted by Crippen LogP contribution is 2.47. The molecule has 33 heavy (non-hydrogen) atoms. The molecule has 0 aromatic heterocycles. The fraction of sp³-hybridized carbons (Fsp3) is 0.370. The Kier molecular flexibility index (Phi) is 6.10. The number of allylic oxidation sites excluding steroid dienone is 2. The van der Waals surface area contributed by atoms with Gasteiger partial charge in [-0.3, -0.25) is 4.79 Å². The van der Waals surface area contributed by atoms with E-state index in [9.17, 15) is 18.3 Å². The number of benzene rings is 2. The van der Waals surface area contributed by atoms with E-state index in [1.165, 1.54) is 0 Å². The zero-order chi connectivity index (χ0) is 23.9. The number of aliphatic hydroxyl groups excluding tert-OH is 1. The molecular formula is C27H31NO4S. The van der Waals surface area contributed by atoms with E-state index in [0.717, 1.165) is 23.0 Å². The van der Waals surface area contributed by atoms with Crippen molar-refractivity contribution in [2.75, 3.05) is 13.1 Å². The summed E-state index contributed by atoms with van der Waals surface area (Å²) < 4.78 is 28.8. The lowest BCUT2D eigenvalue weighted by molar-refractivity contribution is -0.112. The van der Waals surface area contributed by atoms with E-state index in [2.05, 4.69) is 20.8 Å². The molecule has 1 aliphatic heterocycles. The highest BCUT2D eigenvalue weighted by atomic mass is 32.2. The lowest BCUT2D eigenvalue weighted by atomic mass is 9.65. The number of fused-ring (bicyclic) bond motifs is 1. The molecule has 1 saturated heterocycles. The minimum atomic E-state index is -3.70. The Morgan fingerprint density at radius 1 is 1.06 bits per heavy atom. The summed E-state index contributed by atoms with van der Waals surface area (Å²) in [5.41, 5.74) is 2.81. The third kappa shape index (κ3) is 4.55. The van der Waals surface area contributed by atoms with Gasteiger partial charge in [-0.2, -0.15) is 4.31 Å². The quantitative estimate of drug-likeness (QED) is 0.512. The molecule has 1 fully saturated rings. The summed E-state index contributed by atoms with van der Waals surface area (Å²) >= 11 is 0. The molecule has 0 bridgehead atoms. The number of ketones is 1. The van der Waals surface area contributed by atoms with Crippen LogP contribution in [0.15, 0.2) is 83.0 Å². The third-order valence-corrected chi connectivity index (χ3v) is 8.70. The molecule has 2 aromatic rings. The second-order valence-electron chi connectivity index (χ2n) is 10.2. The van der Waals surface area contributed by atoms with Crippen molar-refractivity contribution in [1.82, 2.24) is 4.31 Å². The zero-order valence-electron chi connectivity index (χ0n) is 19.4. The number of carbonyl (C=O) groups excluding carboxylic acids is 1. The van der Waals surface area contributed by atoms with Gasteiger partial charge in [-0.1, -0.05) is 68.8 Å². The standard InChI is InChI=1S/C27H31NO4S/c1-26(2,3)22-9-11-24(12-10-22)33(31,32)28-14-13-23-15-25(30)21(18-29)17-27(23,19-28)16-20-7-5-4-6-8-20/h4-12,15,18,29H,13-14,16-17,19H2,1-3H3/b21-18-. The van der Waals surface area contributed by atoms with Crippen LogP contribution in [0.25, 0.3) is 0 Å². The minimum Gasteiger partial charge on any atom is -0.515 e. The van der Waals surface area contributed by atoms with Crippen LogP contribution >= 0.6 is 0 Å². The Morgan fingerprint density at radius 3 is 2.33 bits per heavy atom. The summed E-state index contributed by atoms with van der Waals surface area (Å²) in [5.74, 6) is -0.190. The summed E-state index contributed by atoms with van der Waals surface area (Å²) in [4.78, 5) is 12.7. The van der Waals surface area contributed by atoms with Gasteiger partial charge in [0.1, 0.15) is 0 Å². The molecule has 0 spiro atoms. The molecule has 2 aliphatic rings. The summed E-state index contributed by atoms with van der Waals surface area (Å²) in [6.07, 6.45) is 3.89. The van der Waals surface area contributed by atoms with E-state index in [1.807, 2.05) is 42.5 Å². The molecule has 1 unspecified atom stereocenters. The fourth-order valence-corrected chi connectivity index (χ4v) is 6.46. The van der Waals surface area contributed by atoms with Crippen molar-refractivity contribution in [3.63, 3.8) is 0 Å². The average Bonchev–Trinajstić information content (AvgIpc) is 2.78. The molecule has 6 heteroatoms. The molecule has 2 aromatic carbocycles. The molecule has 1 atom stereocenters. The smallest absolute Gasteiger partial charge is 0.243 e. The number of aliphatic hydroxyl groups is 1. The molecule has 4 rings (SSSR count). The van der Waals surface area contributed by atoms with Gasteiger partial charge in [0.25, 0.3) is 0 Å². The topological polar surface area (TPSA) is 74.7 Å². The van der Waals surface area contributed by atoms with Crippen LogP contribution in [0.1, 0.15) is 44.7 Å². The van der Waals surface area contributed by atoms with E-state index in [0.29, 0.717) is 31.4 Å². The predicted molar refractivity (Wildman–Crippen MR) is 130 cm³/mol. The lowest BCUT2D eigenvalue weighted by Gasteiger charge is -2.46. The molecule has 0 amide bonds. The van der Waals surface area contributed by atoms with Crippen LogP contribution in [0.5, 0.6) is 0 Å². The van der Waals surface area contributed by atoms with Gasteiger partial charge in [-0.05, 0) is 54.0 Å². The summed E-state index contributed by atoms with van der Waals surface area (Å²) in [7, 11) is -3.70. The highest BCUT2D eigenvalue weighted by Gasteiger charge is 2.46. The van der Waals surface area contributed by atoms with E-state index in [1.54, 1.807) is 22.5 Å². The first kappa shape index (κ1) is 23.5. The van der Waals surface area contributed by atoms with Crippen LogP contribution < -0.4 is 0 Å². The monoisotopic (exact) mass is 465 g/mol. The maximum atomic E-state index is 13.6. The van der Waals surface area contributed by atoms with Crippen LogP contribution in [0.3, 0.4) is 0 Å². The highest BCUT2D eigenvalue weighted by molar-refractivity contribution is 7.89. The Hall–Kier alpha value is -2.70. The molecule has 174 valence electrons. The second-order valence-corrected chi connectivity index (χ2v) is 12.1. The van der Waals surface area contributed by atoms with Crippen LogP contribution in [0.2, 0.25) is 0 Å². The van der Waals surface area contributed by atoms with Crippen LogP contribution in [-0.2, 0) is 26.7 Å². The van der Waals surface area contributed by atoms with Gasteiger partial charge in [0.15, 0.2) is 5.78 Å². The first-order valence-electron chi connectivity index (χ1n) is 11.3. The minimum absolute atomic E-state index is 0.0610. The average molecular weight is 466 g/mol. The lowest BCUT2D eigenvalue weighted by Crippen LogP contribution is -2.50. The van der Waals surface area contributed by atoms with Gasteiger partial charge in [-0.25, -0.2) is 8.42 Å². The molecule has 0 radical (unpaired) electrons. The Labute approximate surface area is 196 Å². The molecule has 0 saturated carbocycles. The number of sulfonamides is 1. The number of rotatable bonds is 4. The van der Waals surface area contributed by atoms with Gasteiger partial charge in [-0.15, -0.1) is 0 Å². The van der Waals surface area contributed by atoms with E-state index in [4.69, 9.17) is 0 Å². The number of hydrogen-bond acceptors (Lipinski definition) is 4. The van der Waals surface area contributed by atoms with Crippen LogP contribution in [-0.4, -0.2) is 36.7 Å². The van der Waals surface area contributed by atoms with Gasteiger partial charge >= 0.3 is 0 Å². The van der Waals surface area contributed by atoms with Crippen molar-refractivity contribution in [2.24, 2.45) is 5.41 Å². The zero-order valence-corrected chi connectivity index (χ0v) is 20.2. The maximum absolute atomic E-state index is 13.6. The van der Waals surface area contributed by atoms with Gasteiger partial charge in [0.2, 0.25) is 10.0 Å². The third-order valence-electron chi connectivity index (χ3n) is 6.84.